The Bertz CT molecular complexity index is 562. The van der Waals surface area contributed by atoms with E-state index < -0.39 is 0 Å². The van der Waals surface area contributed by atoms with E-state index in [4.69, 9.17) is 15.2 Å². The normalized spacial score (nSPS) is 15.5. The monoisotopic (exact) mass is 476 g/mol. The van der Waals surface area contributed by atoms with Crippen molar-refractivity contribution in [2.45, 2.75) is 44.6 Å². The molecule has 0 aromatic heterocycles. The molecule has 0 spiro atoms. The second-order valence-electron chi connectivity index (χ2n) is 6.58. The molecule has 1 aliphatic carbocycles. The molecule has 1 fully saturated rings. The Morgan fingerprint density at radius 2 is 1.96 bits per heavy atom. The van der Waals surface area contributed by atoms with Gasteiger partial charge in [-0.25, -0.2) is 0 Å². The lowest BCUT2D eigenvalue weighted by Gasteiger charge is -2.30. The number of guanidine groups is 1. The van der Waals surface area contributed by atoms with Crippen LogP contribution in [0.15, 0.2) is 23.2 Å². The van der Waals surface area contributed by atoms with Crippen LogP contribution in [0.5, 0.6) is 11.5 Å². The molecular weight excluding hydrogens is 443 g/mol. The fourth-order valence-electron chi connectivity index (χ4n) is 3.31. The molecule has 1 saturated carbocycles. The van der Waals surface area contributed by atoms with E-state index in [1.807, 2.05) is 18.2 Å². The predicted octanol–water partition coefficient (Wildman–Crippen LogP) is 3.70. The number of nitrogens with one attached hydrogen (secondary N) is 1. The van der Waals surface area contributed by atoms with Gasteiger partial charge in [-0.1, -0.05) is 19.3 Å². The zero-order valence-electron chi connectivity index (χ0n) is 16.2. The van der Waals surface area contributed by atoms with E-state index in [1.165, 1.54) is 32.1 Å². The summed E-state index contributed by atoms with van der Waals surface area (Å²) in [6, 6.07) is 6.28. The van der Waals surface area contributed by atoms with E-state index in [0.29, 0.717) is 18.3 Å². The van der Waals surface area contributed by atoms with Crippen molar-refractivity contribution in [1.29, 1.82) is 0 Å². The molecule has 26 heavy (non-hydrogen) atoms. The van der Waals surface area contributed by atoms with Crippen molar-refractivity contribution >= 4 is 35.6 Å². The molecule has 0 bridgehead atoms. The number of benzene rings is 1. The molecular formula is C19H33IN4O2. The minimum absolute atomic E-state index is 0. The van der Waals surface area contributed by atoms with Crippen LogP contribution >= 0.6 is 24.0 Å². The molecule has 1 aromatic rings. The van der Waals surface area contributed by atoms with Crippen LogP contribution in [0.2, 0.25) is 0 Å². The summed E-state index contributed by atoms with van der Waals surface area (Å²) in [6.07, 6.45) is 7.80. The third kappa shape index (κ3) is 7.19. The highest BCUT2D eigenvalue weighted by Crippen LogP contribution is 2.28. The SMILES string of the molecule is COc1ccc(OC)c(NC(N)=NCCCN(C)C2CCCCC2)c1.I. The number of hydrogen-bond donors (Lipinski definition) is 2. The number of nitrogens with zero attached hydrogens (tertiary/aromatic N) is 2. The molecule has 6 nitrogen and oxygen atoms in total. The second kappa shape index (κ2) is 12.2. The summed E-state index contributed by atoms with van der Waals surface area (Å²) in [4.78, 5) is 6.90. The summed E-state index contributed by atoms with van der Waals surface area (Å²) >= 11 is 0. The molecule has 0 atom stereocenters. The van der Waals surface area contributed by atoms with Gasteiger partial charge < -0.3 is 25.4 Å². The molecule has 0 heterocycles. The number of halogens is 1. The number of rotatable bonds is 8. The fraction of sp³-hybridized carbons (Fsp3) is 0.632. The van der Waals surface area contributed by atoms with Gasteiger partial charge in [-0.05, 0) is 45.0 Å². The Morgan fingerprint density at radius 3 is 2.62 bits per heavy atom. The summed E-state index contributed by atoms with van der Waals surface area (Å²) in [6.45, 7) is 1.77. The summed E-state index contributed by atoms with van der Waals surface area (Å²) in [5.41, 5.74) is 6.76. The predicted molar refractivity (Wildman–Crippen MR) is 119 cm³/mol. The highest BCUT2D eigenvalue weighted by Gasteiger charge is 2.17. The van der Waals surface area contributed by atoms with Gasteiger partial charge in [-0.2, -0.15) is 0 Å². The maximum absolute atomic E-state index is 6.01. The van der Waals surface area contributed by atoms with Crippen LogP contribution in [-0.2, 0) is 0 Å². The average molecular weight is 476 g/mol. The molecule has 1 aliphatic rings. The van der Waals surface area contributed by atoms with Gasteiger partial charge in [0.1, 0.15) is 11.5 Å². The lowest BCUT2D eigenvalue weighted by molar-refractivity contribution is 0.191. The first-order valence-electron chi connectivity index (χ1n) is 9.13. The molecule has 148 valence electrons. The first-order valence-corrected chi connectivity index (χ1v) is 9.13. The standard InChI is InChI=1S/C19H32N4O2.HI/c1-23(15-8-5-4-6-9-15)13-7-12-21-19(20)22-17-14-16(24-2)10-11-18(17)25-3;/h10-11,14-15H,4-9,12-13H2,1-3H3,(H3,20,21,22);1H. The second-order valence-corrected chi connectivity index (χ2v) is 6.58. The van der Waals surface area contributed by atoms with Crippen molar-refractivity contribution in [1.82, 2.24) is 4.90 Å². The summed E-state index contributed by atoms with van der Waals surface area (Å²) in [7, 11) is 5.48. The molecule has 0 radical (unpaired) electrons. The van der Waals surface area contributed by atoms with E-state index in [1.54, 1.807) is 14.2 Å². The first kappa shape index (κ1) is 22.8. The summed E-state index contributed by atoms with van der Waals surface area (Å²) in [5.74, 6) is 1.84. The number of ether oxygens (including phenoxy) is 2. The molecule has 2 rings (SSSR count). The maximum atomic E-state index is 6.01. The third-order valence-electron chi connectivity index (χ3n) is 4.82. The van der Waals surface area contributed by atoms with Crippen LogP contribution in [0, 0.1) is 0 Å². The van der Waals surface area contributed by atoms with Gasteiger partial charge in [-0.3, -0.25) is 4.99 Å². The van der Waals surface area contributed by atoms with E-state index in [0.717, 1.165) is 30.4 Å². The zero-order chi connectivity index (χ0) is 18.1. The van der Waals surface area contributed by atoms with Crippen molar-refractivity contribution in [2.24, 2.45) is 10.7 Å². The topological polar surface area (TPSA) is 72.1 Å². The van der Waals surface area contributed by atoms with Crippen LogP contribution < -0.4 is 20.5 Å². The van der Waals surface area contributed by atoms with Gasteiger partial charge in [0.15, 0.2) is 5.96 Å². The first-order chi connectivity index (χ1) is 12.1. The van der Waals surface area contributed by atoms with E-state index in [-0.39, 0.29) is 24.0 Å². The number of aliphatic imine (C=N–C) groups is 1. The van der Waals surface area contributed by atoms with Gasteiger partial charge in [0, 0.05) is 18.7 Å². The van der Waals surface area contributed by atoms with Crippen LogP contribution in [0.4, 0.5) is 5.69 Å². The van der Waals surface area contributed by atoms with Crippen LogP contribution in [0.3, 0.4) is 0 Å². The van der Waals surface area contributed by atoms with Crippen LogP contribution in [0.25, 0.3) is 0 Å². The van der Waals surface area contributed by atoms with E-state index in [2.05, 4.69) is 22.3 Å². The number of anilines is 1. The zero-order valence-corrected chi connectivity index (χ0v) is 18.5. The minimum Gasteiger partial charge on any atom is -0.497 e. The molecule has 1 aromatic carbocycles. The quantitative estimate of drug-likeness (QED) is 0.259. The van der Waals surface area contributed by atoms with Crippen molar-refractivity contribution < 1.29 is 9.47 Å². The Balaban J connectivity index is 0.00000338. The minimum atomic E-state index is 0. The van der Waals surface area contributed by atoms with Crippen molar-refractivity contribution in [2.75, 3.05) is 39.7 Å². The third-order valence-corrected chi connectivity index (χ3v) is 4.82. The van der Waals surface area contributed by atoms with Crippen molar-refractivity contribution in [3.63, 3.8) is 0 Å². The highest BCUT2D eigenvalue weighted by molar-refractivity contribution is 14.0. The van der Waals surface area contributed by atoms with Gasteiger partial charge in [-0.15, -0.1) is 24.0 Å². The fourth-order valence-corrected chi connectivity index (χ4v) is 3.31. The Labute approximate surface area is 174 Å². The molecule has 0 aliphatic heterocycles. The van der Waals surface area contributed by atoms with Gasteiger partial charge in [0.05, 0.1) is 19.9 Å². The smallest absolute Gasteiger partial charge is 0.193 e. The molecule has 0 saturated heterocycles. The summed E-state index contributed by atoms with van der Waals surface area (Å²) in [5, 5.41) is 3.10. The van der Waals surface area contributed by atoms with Crippen molar-refractivity contribution in [3.05, 3.63) is 18.2 Å². The van der Waals surface area contributed by atoms with Crippen LogP contribution in [-0.4, -0.2) is 51.3 Å². The molecule has 3 N–H and O–H groups in total. The van der Waals surface area contributed by atoms with Gasteiger partial charge >= 0.3 is 0 Å². The average Bonchev–Trinajstić information content (AvgIpc) is 2.65. The lowest BCUT2D eigenvalue weighted by atomic mass is 9.94. The van der Waals surface area contributed by atoms with Gasteiger partial charge in [0.2, 0.25) is 0 Å². The maximum Gasteiger partial charge on any atom is 0.193 e. The van der Waals surface area contributed by atoms with E-state index >= 15 is 0 Å². The number of methoxy groups -OCH3 is 2. The van der Waals surface area contributed by atoms with E-state index in [9.17, 15) is 0 Å². The number of nitrogens with two attached hydrogens (primary N) is 1. The largest absolute Gasteiger partial charge is 0.497 e. The highest BCUT2D eigenvalue weighted by atomic mass is 127. The Hall–Kier alpha value is -1.22. The molecule has 0 unspecified atom stereocenters. The van der Waals surface area contributed by atoms with Gasteiger partial charge in [0.25, 0.3) is 0 Å². The lowest BCUT2D eigenvalue weighted by Crippen LogP contribution is -2.34. The number of hydrogen-bond acceptors (Lipinski definition) is 4. The van der Waals surface area contributed by atoms with Crippen LogP contribution in [0.1, 0.15) is 38.5 Å². The molecule has 0 amide bonds. The summed E-state index contributed by atoms with van der Waals surface area (Å²) < 4.78 is 10.6. The van der Waals surface area contributed by atoms with Crippen molar-refractivity contribution in [3.8, 4) is 11.5 Å². The Morgan fingerprint density at radius 1 is 1.23 bits per heavy atom. The Kier molecular flexibility index (Phi) is 10.7. The molecule has 7 heteroatoms.